The Kier molecular flexibility index (Phi) is 8.35. The molecule has 1 aliphatic rings. The molecule has 5 nitrogen and oxygen atoms in total. The number of hydrogen-bond acceptors (Lipinski definition) is 4. The number of guanidine groups is 1. The third kappa shape index (κ3) is 5.51. The Morgan fingerprint density at radius 2 is 2.30 bits per heavy atom. The predicted molar refractivity (Wildman–Crippen MR) is 94.8 cm³/mol. The molecule has 0 aromatic carbocycles. The largest absolute Gasteiger partial charge is 0.364 e. The van der Waals surface area contributed by atoms with Gasteiger partial charge >= 0.3 is 0 Å². The summed E-state index contributed by atoms with van der Waals surface area (Å²) in [6.45, 7) is 1.72. The van der Waals surface area contributed by atoms with E-state index in [0.29, 0.717) is 6.54 Å². The molecule has 1 aromatic rings. The minimum atomic E-state index is 0. The van der Waals surface area contributed by atoms with Gasteiger partial charge in [0.05, 0.1) is 6.54 Å². The number of rotatable bonds is 4. The molecule has 20 heavy (non-hydrogen) atoms. The molecule has 7 heteroatoms. The quantitative estimate of drug-likeness (QED) is 0.470. The predicted octanol–water partition coefficient (Wildman–Crippen LogP) is 2.44. The van der Waals surface area contributed by atoms with E-state index in [1.54, 1.807) is 6.26 Å². The zero-order valence-corrected chi connectivity index (χ0v) is 15.2. The fourth-order valence-corrected chi connectivity index (χ4v) is 3.41. The summed E-state index contributed by atoms with van der Waals surface area (Å²) in [4.78, 5) is 6.39. The lowest BCUT2D eigenvalue weighted by molar-refractivity contribution is 0.388. The first kappa shape index (κ1) is 17.6. The molecule has 0 bridgehead atoms. The fourth-order valence-electron chi connectivity index (χ4n) is 2.21. The molecule has 2 rings (SSSR count). The van der Waals surface area contributed by atoms with Gasteiger partial charge in [-0.2, -0.15) is 11.8 Å². The van der Waals surface area contributed by atoms with Gasteiger partial charge in [-0.1, -0.05) is 5.16 Å². The van der Waals surface area contributed by atoms with Crippen molar-refractivity contribution < 1.29 is 4.52 Å². The average molecular weight is 410 g/mol. The highest BCUT2D eigenvalue weighted by atomic mass is 127. The molecule has 0 radical (unpaired) electrons. The van der Waals surface area contributed by atoms with Crippen molar-refractivity contribution in [1.82, 2.24) is 15.4 Å². The van der Waals surface area contributed by atoms with E-state index >= 15 is 0 Å². The molecule has 0 aliphatic carbocycles. The monoisotopic (exact) mass is 410 g/mol. The highest BCUT2D eigenvalue weighted by Crippen LogP contribution is 2.21. The van der Waals surface area contributed by atoms with E-state index < -0.39 is 0 Å². The highest BCUT2D eigenvalue weighted by molar-refractivity contribution is 14.0. The maximum Gasteiger partial charge on any atom is 0.193 e. The lowest BCUT2D eigenvalue weighted by atomic mass is 10.0. The third-order valence-electron chi connectivity index (χ3n) is 3.35. The van der Waals surface area contributed by atoms with Gasteiger partial charge in [0.25, 0.3) is 0 Å². The second-order valence-corrected chi connectivity index (χ2v) is 6.06. The van der Waals surface area contributed by atoms with Crippen molar-refractivity contribution in [2.24, 2.45) is 10.9 Å². The molecule has 0 unspecified atom stereocenters. The zero-order valence-electron chi connectivity index (χ0n) is 12.0. The molecule has 0 atom stereocenters. The summed E-state index contributed by atoms with van der Waals surface area (Å²) in [5.74, 6) is 4.28. The smallest absolute Gasteiger partial charge is 0.193 e. The van der Waals surface area contributed by atoms with Gasteiger partial charge in [0.15, 0.2) is 5.96 Å². The molecule has 1 aromatic heterocycles. The number of nitrogens with one attached hydrogen (secondary N) is 1. The average Bonchev–Trinajstić information content (AvgIpc) is 2.93. The molecule has 0 amide bonds. The van der Waals surface area contributed by atoms with Crippen LogP contribution in [0, 0.1) is 5.92 Å². The molecule has 2 heterocycles. The van der Waals surface area contributed by atoms with Crippen molar-refractivity contribution in [3.8, 4) is 0 Å². The first-order valence-electron chi connectivity index (χ1n) is 6.68. The van der Waals surface area contributed by atoms with E-state index in [1.165, 1.54) is 24.3 Å². The molecule has 1 saturated heterocycles. The maximum absolute atomic E-state index is 4.84. The molecule has 0 saturated carbocycles. The van der Waals surface area contributed by atoms with Crippen LogP contribution in [0.1, 0.15) is 18.5 Å². The molecule has 1 N–H and O–H groups in total. The number of aromatic nitrogens is 1. The summed E-state index contributed by atoms with van der Waals surface area (Å²) >= 11 is 2.06. The number of thioether (sulfide) groups is 1. The SMILES string of the molecule is CN=C(NCC1CCSCC1)N(C)Cc1ccon1.I. The van der Waals surface area contributed by atoms with Crippen LogP contribution in [0.5, 0.6) is 0 Å². The van der Waals surface area contributed by atoms with E-state index in [4.69, 9.17) is 4.52 Å². The van der Waals surface area contributed by atoms with Gasteiger partial charge in [-0.05, 0) is 30.3 Å². The Morgan fingerprint density at radius 1 is 1.55 bits per heavy atom. The summed E-state index contributed by atoms with van der Waals surface area (Å²) in [5.41, 5.74) is 0.916. The third-order valence-corrected chi connectivity index (χ3v) is 4.40. The zero-order chi connectivity index (χ0) is 13.5. The van der Waals surface area contributed by atoms with E-state index in [2.05, 4.69) is 32.1 Å². The first-order valence-corrected chi connectivity index (χ1v) is 7.84. The van der Waals surface area contributed by atoms with Crippen LogP contribution in [0.25, 0.3) is 0 Å². The summed E-state index contributed by atoms with van der Waals surface area (Å²) in [5, 5.41) is 7.38. The van der Waals surface area contributed by atoms with E-state index in [9.17, 15) is 0 Å². The van der Waals surface area contributed by atoms with E-state index in [1.807, 2.05) is 20.2 Å². The Hall–Kier alpha value is -0.440. The van der Waals surface area contributed by atoms with Crippen LogP contribution in [-0.2, 0) is 6.54 Å². The van der Waals surface area contributed by atoms with Gasteiger partial charge in [-0.25, -0.2) is 0 Å². The normalized spacial score (nSPS) is 16.6. The van der Waals surface area contributed by atoms with Crippen LogP contribution in [0.3, 0.4) is 0 Å². The van der Waals surface area contributed by atoms with Crippen molar-refractivity contribution in [3.63, 3.8) is 0 Å². The van der Waals surface area contributed by atoms with E-state index in [0.717, 1.165) is 24.1 Å². The van der Waals surface area contributed by atoms with Crippen LogP contribution in [0.2, 0.25) is 0 Å². The second kappa shape index (κ2) is 9.49. The van der Waals surface area contributed by atoms with E-state index in [-0.39, 0.29) is 24.0 Å². The lowest BCUT2D eigenvalue weighted by Gasteiger charge is -2.25. The molecule has 114 valence electrons. The standard InChI is InChI=1S/C13H22N4OS.HI/c1-14-13(15-9-11-4-7-19-8-5-11)17(2)10-12-3-6-18-16-12;/h3,6,11H,4-5,7-10H2,1-2H3,(H,14,15);1H. The van der Waals surface area contributed by atoms with Crippen LogP contribution in [-0.4, -0.2) is 48.2 Å². The number of hydrogen-bond donors (Lipinski definition) is 1. The molecule has 1 fully saturated rings. The van der Waals surface area contributed by atoms with Crippen molar-refractivity contribution in [2.45, 2.75) is 19.4 Å². The van der Waals surface area contributed by atoms with Crippen LogP contribution in [0.4, 0.5) is 0 Å². The first-order chi connectivity index (χ1) is 9.29. The minimum absolute atomic E-state index is 0. The van der Waals surface area contributed by atoms with Gasteiger partial charge in [-0.3, -0.25) is 4.99 Å². The lowest BCUT2D eigenvalue weighted by Crippen LogP contribution is -2.41. The fraction of sp³-hybridized carbons (Fsp3) is 0.692. The van der Waals surface area contributed by atoms with Gasteiger partial charge < -0.3 is 14.7 Å². The number of aliphatic imine (C=N–C) groups is 1. The summed E-state index contributed by atoms with van der Waals surface area (Å²) in [6.07, 6.45) is 4.21. The van der Waals surface area contributed by atoms with Crippen molar-refractivity contribution >= 4 is 41.7 Å². The summed E-state index contributed by atoms with van der Waals surface area (Å²) in [7, 11) is 3.83. The van der Waals surface area contributed by atoms with Crippen LogP contribution >= 0.6 is 35.7 Å². The van der Waals surface area contributed by atoms with Gasteiger partial charge in [0.2, 0.25) is 0 Å². The topological polar surface area (TPSA) is 53.7 Å². The second-order valence-electron chi connectivity index (χ2n) is 4.83. The summed E-state index contributed by atoms with van der Waals surface area (Å²) in [6, 6.07) is 1.88. The van der Waals surface area contributed by atoms with Gasteiger partial charge in [0.1, 0.15) is 12.0 Å². The number of nitrogens with zero attached hydrogens (tertiary/aromatic N) is 3. The summed E-state index contributed by atoms with van der Waals surface area (Å²) < 4.78 is 4.84. The number of halogens is 1. The van der Waals surface area contributed by atoms with Crippen LogP contribution < -0.4 is 5.32 Å². The maximum atomic E-state index is 4.84. The van der Waals surface area contributed by atoms with Crippen molar-refractivity contribution in [2.75, 3.05) is 32.1 Å². The molecule has 0 spiro atoms. The van der Waals surface area contributed by atoms with Gasteiger partial charge in [0, 0.05) is 26.7 Å². The van der Waals surface area contributed by atoms with Gasteiger partial charge in [-0.15, -0.1) is 24.0 Å². The Balaban J connectivity index is 0.00000200. The Bertz CT molecular complexity index is 393. The molecular weight excluding hydrogens is 387 g/mol. The van der Waals surface area contributed by atoms with Crippen molar-refractivity contribution in [1.29, 1.82) is 0 Å². The highest BCUT2D eigenvalue weighted by Gasteiger charge is 2.15. The molecule has 1 aliphatic heterocycles. The Labute approximate surface area is 142 Å². The minimum Gasteiger partial charge on any atom is -0.364 e. The van der Waals surface area contributed by atoms with Crippen molar-refractivity contribution in [3.05, 3.63) is 18.0 Å². The molecular formula is C13H23IN4OS. The Morgan fingerprint density at radius 3 is 2.90 bits per heavy atom. The van der Waals surface area contributed by atoms with Crippen LogP contribution in [0.15, 0.2) is 21.8 Å².